The van der Waals surface area contributed by atoms with Crippen LogP contribution >= 0.6 is 0 Å². The molecule has 1 aromatic heterocycles. The Morgan fingerprint density at radius 3 is 2.54 bits per heavy atom. The van der Waals surface area contributed by atoms with Gasteiger partial charge in [-0.2, -0.15) is 0 Å². The molecule has 6 nitrogen and oxygen atoms in total. The van der Waals surface area contributed by atoms with Gasteiger partial charge in [-0.3, -0.25) is 19.6 Å². The number of nitrogens with zero attached hydrogens (tertiary/aromatic N) is 4. The summed E-state index contributed by atoms with van der Waals surface area (Å²) in [6.07, 6.45) is 11.2. The number of pyridine rings is 1. The van der Waals surface area contributed by atoms with Crippen LogP contribution in [0.15, 0.2) is 24.5 Å². The average Bonchev–Trinajstić information content (AvgIpc) is 2.97. The molecule has 0 aliphatic carbocycles. The van der Waals surface area contributed by atoms with Crippen molar-refractivity contribution in [2.45, 2.75) is 56.7 Å². The van der Waals surface area contributed by atoms with Crippen LogP contribution in [0.5, 0.6) is 0 Å². The zero-order valence-electron chi connectivity index (χ0n) is 17.1. The molecule has 1 aromatic rings. The second kappa shape index (κ2) is 9.33. The van der Waals surface area contributed by atoms with Crippen LogP contribution in [0.1, 0.15) is 50.1 Å². The standard InChI is InChI=1S/C22H34N4O2/c1-28-20-16-26(22(20)18-7-6-10-23-15-18)19-8-13-25(14-9-19)21(27)17-24-11-4-2-3-5-12-24/h6-7,10,15,19-20,22H,2-5,8-9,11-14,16-17H2,1H3. The highest BCUT2D eigenvalue weighted by Crippen LogP contribution is 2.39. The SMILES string of the molecule is COC1CN(C2CCN(C(=O)CN3CCCCCC3)CC2)C1c1cccnc1. The van der Waals surface area contributed by atoms with Crippen LogP contribution in [0.25, 0.3) is 0 Å². The number of aromatic nitrogens is 1. The third kappa shape index (κ3) is 4.39. The lowest BCUT2D eigenvalue weighted by atomic mass is 9.87. The van der Waals surface area contributed by atoms with E-state index in [0.717, 1.165) is 45.6 Å². The lowest BCUT2D eigenvalue weighted by Crippen LogP contribution is -2.60. The van der Waals surface area contributed by atoms with E-state index in [9.17, 15) is 4.79 Å². The minimum Gasteiger partial charge on any atom is -0.378 e. The maximum atomic E-state index is 12.8. The molecule has 3 saturated heterocycles. The van der Waals surface area contributed by atoms with Crippen LogP contribution in [-0.2, 0) is 9.53 Å². The highest BCUT2D eigenvalue weighted by atomic mass is 16.5. The Morgan fingerprint density at radius 2 is 1.89 bits per heavy atom. The molecule has 2 atom stereocenters. The summed E-state index contributed by atoms with van der Waals surface area (Å²) in [4.78, 5) is 24.1. The molecule has 1 amide bonds. The van der Waals surface area contributed by atoms with Gasteiger partial charge in [-0.15, -0.1) is 0 Å². The van der Waals surface area contributed by atoms with E-state index in [-0.39, 0.29) is 6.10 Å². The molecule has 6 heteroatoms. The van der Waals surface area contributed by atoms with Crippen molar-refractivity contribution in [2.75, 3.05) is 46.4 Å². The zero-order valence-corrected chi connectivity index (χ0v) is 17.1. The lowest BCUT2D eigenvalue weighted by Gasteiger charge is -2.53. The van der Waals surface area contributed by atoms with Gasteiger partial charge in [-0.1, -0.05) is 18.9 Å². The molecule has 0 saturated carbocycles. The predicted molar refractivity (Wildman–Crippen MR) is 109 cm³/mol. The molecule has 4 rings (SSSR count). The van der Waals surface area contributed by atoms with Gasteiger partial charge in [-0.25, -0.2) is 0 Å². The number of ether oxygens (including phenoxy) is 1. The van der Waals surface area contributed by atoms with Gasteiger partial charge in [-0.05, 0) is 50.4 Å². The Balaban J connectivity index is 1.29. The summed E-state index contributed by atoms with van der Waals surface area (Å²) in [5, 5.41) is 0. The topological polar surface area (TPSA) is 48.9 Å². The Morgan fingerprint density at radius 1 is 1.14 bits per heavy atom. The van der Waals surface area contributed by atoms with Crippen molar-refractivity contribution >= 4 is 5.91 Å². The zero-order chi connectivity index (χ0) is 19.3. The number of hydrogen-bond acceptors (Lipinski definition) is 5. The number of amides is 1. The van der Waals surface area contributed by atoms with Crippen LogP contribution < -0.4 is 0 Å². The van der Waals surface area contributed by atoms with Crippen LogP contribution in [0.4, 0.5) is 0 Å². The summed E-state index contributed by atoms with van der Waals surface area (Å²) in [6.45, 7) is 5.51. The second-order valence-corrected chi connectivity index (χ2v) is 8.50. The number of carbonyl (C=O) groups excluding carboxylic acids is 1. The van der Waals surface area contributed by atoms with Crippen molar-refractivity contribution < 1.29 is 9.53 Å². The second-order valence-electron chi connectivity index (χ2n) is 8.50. The molecule has 4 heterocycles. The Labute approximate surface area is 168 Å². The fraction of sp³-hybridized carbons (Fsp3) is 0.727. The van der Waals surface area contributed by atoms with E-state index >= 15 is 0 Å². The van der Waals surface area contributed by atoms with E-state index in [1.807, 2.05) is 18.5 Å². The number of carbonyl (C=O) groups is 1. The molecule has 0 N–H and O–H groups in total. The fourth-order valence-corrected chi connectivity index (χ4v) is 5.07. The first-order chi connectivity index (χ1) is 13.8. The molecule has 3 aliphatic rings. The van der Waals surface area contributed by atoms with Crippen molar-refractivity contribution in [3.05, 3.63) is 30.1 Å². The fourth-order valence-electron chi connectivity index (χ4n) is 5.07. The van der Waals surface area contributed by atoms with Gasteiger partial charge in [0.15, 0.2) is 0 Å². The third-order valence-corrected chi connectivity index (χ3v) is 6.77. The summed E-state index contributed by atoms with van der Waals surface area (Å²) < 4.78 is 5.69. The molecule has 3 fully saturated rings. The van der Waals surface area contributed by atoms with Gasteiger partial charge in [0.05, 0.1) is 18.7 Å². The normalized spacial score (nSPS) is 28.0. The Kier molecular flexibility index (Phi) is 6.60. The molecular formula is C22H34N4O2. The smallest absolute Gasteiger partial charge is 0.236 e. The monoisotopic (exact) mass is 386 g/mol. The first kappa shape index (κ1) is 19.8. The van der Waals surface area contributed by atoms with Gasteiger partial charge >= 0.3 is 0 Å². The Hall–Kier alpha value is -1.50. The molecular weight excluding hydrogens is 352 g/mol. The molecule has 0 spiro atoms. The van der Waals surface area contributed by atoms with Gasteiger partial charge in [0, 0.05) is 45.2 Å². The van der Waals surface area contributed by atoms with E-state index < -0.39 is 0 Å². The lowest BCUT2D eigenvalue weighted by molar-refractivity contribution is -0.138. The van der Waals surface area contributed by atoms with E-state index in [0.29, 0.717) is 24.5 Å². The maximum absolute atomic E-state index is 12.8. The van der Waals surface area contributed by atoms with Crippen LogP contribution in [0.2, 0.25) is 0 Å². The Bertz CT molecular complexity index is 625. The average molecular weight is 387 g/mol. The van der Waals surface area contributed by atoms with E-state index in [1.54, 1.807) is 7.11 Å². The van der Waals surface area contributed by atoms with Crippen molar-refractivity contribution in [3.63, 3.8) is 0 Å². The highest BCUT2D eigenvalue weighted by molar-refractivity contribution is 5.78. The quantitative estimate of drug-likeness (QED) is 0.777. The highest BCUT2D eigenvalue weighted by Gasteiger charge is 2.44. The van der Waals surface area contributed by atoms with Crippen molar-refractivity contribution in [2.24, 2.45) is 0 Å². The predicted octanol–water partition coefficient (Wildman–Crippen LogP) is 2.32. The van der Waals surface area contributed by atoms with E-state index in [1.165, 1.54) is 31.2 Å². The largest absolute Gasteiger partial charge is 0.378 e. The minimum atomic E-state index is 0.242. The molecule has 2 unspecified atom stereocenters. The van der Waals surface area contributed by atoms with Gasteiger partial charge < -0.3 is 9.64 Å². The van der Waals surface area contributed by atoms with E-state index in [4.69, 9.17) is 4.74 Å². The van der Waals surface area contributed by atoms with E-state index in [2.05, 4.69) is 25.8 Å². The summed E-state index contributed by atoms with van der Waals surface area (Å²) in [5.74, 6) is 0.322. The number of piperidine rings is 1. The first-order valence-corrected chi connectivity index (χ1v) is 10.9. The van der Waals surface area contributed by atoms with Crippen LogP contribution in [0, 0.1) is 0 Å². The number of likely N-dealkylation sites (tertiary alicyclic amines) is 3. The molecule has 0 radical (unpaired) electrons. The number of rotatable bonds is 5. The first-order valence-electron chi connectivity index (χ1n) is 10.9. The van der Waals surface area contributed by atoms with Crippen molar-refractivity contribution in [1.29, 1.82) is 0 Å². The molecule has 0 aromatic carbocycles. The molecule has 3 aliphatic heterocycles. The van der Waals surface area contributed by atoms with Gasteiger partial charge in [0.1, 0.15) is 0 Å². The maximum Gasteiger partial charge on any atom is 0.236 e. The number of hydrogen-bond donors (Lipinski definition) is 0. The summed E-state index contributed by atoms with van der Waals surface area (Å²) in [5.41, 5.74) is 1.24. The number of methoxy groups -OCH3 is 1. The summed E-state index contributed by atoms with van der Waals surface area (Å²) in [7, 11) is 1.80. The van der Waals surface area contributed by atoms with Crippen molar-refractivity contribution in [3.8, 4) is 0 Å². The molecule has 0 bridgehead atoms. The van der Waals surface area contributed by atoms with Crippen LogP contribution in [-0.4, -0.2) is 84.1 Å². The summed E-state index contributed by atoms with van der Waals surface area (Å²) in [6, 6.07) is 4.97. The molecule has 28 heavy (non-hydrogen) atoms. The van der Waals surface area contributed by atoms with Crippen LogP contribution in [0.3, 0.4) is 0 Å². The van der Waals surface area contributed by atoms with Crippen molar-refractivity contribution in [1.82, 2.24) is 19.7 Å². The molecule has 154 valence electrons. The third-order valence-electron chi connectivity index (χ3n) is 6.77. The summed E-state index contributed by atoms with van der Waals surface area (Å²) >= 11 is 0. The van der Waals surface area contributed by atoms with Gasteiger partial charge in [0.25, 0.3) is 0 Å². The van der Waals surface area contributed by atoms with Gasteiger partial charge in [0.2, 0.25) is 5.91 Å². The minimum absolute atomic E-state index is 0.242.